The number of nitrogens with one attached hydrogen (secondary N) is 1. The van der Waals surface area contributed by atoms with Gasteiger partial charge in [-0.05, 0) is 43.5 Å². The number of carbonyl (C=O) groups is 1. The van der Waals surface area contributed by atoms with Crippen LogP contribution in [0.2, 0.25) is 0 Å². The first kappa shape index (κ1) is 16.5. The van der Waals surface area contributed by atoms with Crippen molar-refractivity contribution in [2.24, 2.45) is 0 Å². The van der Waals surface area contributed by atoms with E-state index in [1.54, 1.807) is 0 Å². The lowest BCUT2D eigenvalue weighted by molar-refractivity contribution is -0.119. The number of benzene rings is 1. The van der Waals surface area contributed by atoms with E-state index in [2.05, 4.69) is 33.4 Å². The summed E-state index contributed by atoms with van der Waals surface area (Å²) in [6, 6.07) is 4.15. The number of thioether (sulfide) groups is 1. The Balaban J connectivity index is 2.48. The predicted octanol–water partition coefficient (Wildman–Crippen LogP) is 3.05. The van der Waals surface area contributed by atoms with Gasteiger partial charge < -0.3 is 10.4 Å². The minimum Gasteiger partial charge on any atom is -0.391 e. The Kier molecular flexibility index (Phi) is 6.89. The Morgan fingerprint density at radius 2 is 2.11 bits per heavy atom. The van der Waals surface area contributed by atoms with Gasteiger partial charge >= 0.3 is 0 Å². The summed E-state index contributed by atoms with van der Waals surface area (Å²) in [4.78, 5) is 12.8. The van der Waals surface area contributed by atoms with Crippen LogP contribution in [-0.4, -0.2) is 29.4 Å². The van der Waals surface area contributed by atoms with Crippen LogP contribution in [0.5, 0.6) is 0 Å². The molecule has 1 atom stereocenters. The topological polar surface area (TPSA) is 49.3 Å². The summed E-state index contributed by atoms with van der Waals surface area (Å²) in [5.41, 5.74) is 2.32. The fraction of sp³-hybridized carbons (Fsp3) is 0.500. The third-order valence-electron chi connectivity index (χ3n) is 2.82. The lowest BCUT2D eigenvalue weighted by atomic mass is 10.2. The molecule has 0 heterocycles. The SMILES string of the molecule is CCC(O)CNC(=O)CSc1cc(C)c(Br)cc1C. The van der Waals surface area contributed by atoms with Crippen molar-refractivity contribution in [1.29, 1.82) is 0 Å². The van der Waals surface area contributed by atoms with Crippen molar-refractivity contribution in [2.75, 3.05) is 12.3 Å². The number of aliphatic hydroxyl groups is 1. The third-order valence-corrected chi connectivity index (χ3v) is 4.83. The number of aliphatic hydroxyl groups excluding tert-OH is 1. The molecule has 0 aliphatic carbocycles. The first-order valence-electron chi connectivity index (χ1n) is 6.28. The number of carbonyl (C=O) groups excluding carboxylic acids is 1. The molecule has 19 heavy (non-hydrogen) atoms. The zero-order valence-electron chi connectivity index (χ0n) is 11.5. The molecule has 0 aliphatic rings. The summed E-state index contributed by atoms with van der Waals surface area (Å²) in [5, 5.41) is 12.1. The van der Waals surface area contributed by atoms with Crippen LogP contribution in [-0.2, 0) is 4.79 Å². The second-order valence-electron chi connectivity index (χ2n) is 4.52. The summed E-state index contributed by atoms with van der Waals surface area (Å²) in [6.45, 7) is 6.28. The van der Waals surface area contributed by atoms with Gasteiger partial charge in [-0.2, -0.15) is 0 Å². The number of rotatable bonds is 6. The number of hydrogen-bond donors (Lipinski definition) is 2. The van der Waals surface area contributed by atoms with Crippen LogP contribution in [0.15, 0.2) is 21.5 Å². The molecule has 0 spiro atoms. The van der Waals surface area contributed by atoms with E-state index in [-0.39, 0.29) is 5.91 Å². The van der Waals surface area contributed by atoms with Gasteiger partial charge in [0.1, 0.15) is 0 Å². The van der Waals surface area contributed by atoms with E-state index in [0.717, 1.165) is 20.5 Å². The Morgan fingerprint density at radius 1 is 1.42 bits per heavy atom. The molecular weight excluding hydrogens is 326 g/mol. The lowest BCUT2D eigenvalue weighted by Crippen LogP contribution is -2.32. The predicted molar refractivity (Wildman–Crippen MR) is 83.6 cm³/mol. The number of halogens is 1. The van der Waals surface area contributed by atoms with Gasteiger partial charge in [-0.15, -0.1) is 11.8 Å². The number of hydrogen-bond acceptors (Lipinski definition) is 3. The smallest absolute Gasteiger partial charge is 0.230 e. The highest BCUT2D eigenvalue weighted by molar-refractivity contribution is 9.10. The number of amides is 1. The Bertz CT molecular complexity index is 451. The third kappa shape index (κ3) is 5.55. The van der Waals surface area contributed by atoms with Gasteiger partial charge in [0, 0.05) is 15.9 Å². The van der Waals surface area contributed by atoms with Crippen LogP contribution in [0.1, 0.15) is 24.5 Å². The van der Waals surface area contributed by atoms with Crippen LogP contribution < -0.4 is 5.32 Å². The van der Waals surface area contributed by atoms with Gasteiger partial charge in [0.2, 0.25) is 5.91 Å². The maximum atomic E-state index is 11.6. The van der Waals surface area contributed by atoms with Gasteiger partial charge in [0.05, 0.1) is 11.9 Å². The fourth-order valence-electron chi connectivity index (χ4n) is 1.48. The molecule has 0 aromatic heterocycles. The minimum absolute atomic E-state index is 0.0440. The van der Waals surface area contributed by atoms with E-state index in [9.17, 15) is 9.90 Å². The van der Waals surface area contributed by atoms with Crippen molar-refractivity contribution in [3.63, 3.8) is 0 Å². The average Bonchev–Trinajstić information content (AvgIpc) is 2.38. The van der Waals surface area contributed by atoms with E-state index < -0.39 is 6.10 Å². The fourth-order valence-corrected chi connectivity index (χ4v) is 2.87. The molecule has 1 rings (SSSR count). The molecule has 0 aliphatic heterocycles. The maximum Gasteiger partial charge on any atom is 0.230 e. The molecule has 106 valence electrons. The van der Waals surface area contributed by atoms with Gasteiger partial charge in [0.15, 0.2) is 0 Å². The quantitative estimate of drug-likeness (QED) is 0.779. The van der Waals surface area contributed by atoms with Crippen LogP contribution in [0, 0.1) is 13.8 Å². The zero-order valence-corrected chi connectivity index (χ0v) is 13.9. The summed E-state index contributed by atoms with van der Waals surface area (Å²) < 4.78 is 1.09. The summed E-state index contributed by atoms with van der Waals surface area (Å²) in [5.74, 6) is 0.329. The first-order chi connectivity index (χ1) is 8.93. The van der Waals surface area contributed by atoms with E-state index >= 15 is 0 Å². The summed E-state index contributed by atoms with van der Waals surface area (Å²) >= 11 is 5.02. The zero-order chi connectivity index (χ0) is 14.4. The van der Waals surface area contributed by atoms with Gasteiger partial charge in [0.25, 0.3) is 0 Å². The standard InChI is InChI=1S/C14H20BrNO2S/c1-4-11(17)7-16-14(18)8-19-13-6-9(2)12(15)5-10(13)3/h5-6,11,17H,4,7-8H2,1-3H3,(H,16,18). The van der Waals surface area contributed by atoms with Crippen molar-refractivity contribution < 1.29 is 9.90 Å². The van der Waals surface area contributed by atoms with E-state index in [1.165, 1.54) is 11.8 Å². The lowest BCUT2D eigenvalue weighted by Gasteiger charge is -2.11. The Hall–Kier alpha value is -0.520. The van der Waals surface area contributed by atoms with Crippen molar-refractivity contribution in [3.05, 3.63) is 27.7 Å². The molecule has 2 N–H and O–H groups in total. The first-order valence-corrected chi connectivity index (χ1v) is 8.06. The maximum absolute atomic E-state index is 11.6. The number of aryl methyl sites for hydroxylation is 2. The van der Waals surface area contributed by atoms with Crippen molar-refractivity contribution in [3.8, 4) is 0 Å². The molecule has 5 heteroatoms. The van der Waals surface area contributed by atoms with Crippen LogP contribution in [0.3, 0.4) is 0 Å². The molecular formula is C14H20BrNO2S. The largest absolute Gasteiger partial charge is 0.391 e. The Labute approximate surface area is 127 Å². The molecule has 1 amide bonds. The molecule has 1 aromatic carbocycles. The van der Waals surface area contributed by atoms with Crippen molar-refractivity contribution in [2.45, 2.75) is 38.2 Å². The molecule has 3 nitrogen and oxygen atoms in total. The molecule has 0 radical (unpaired) electrons. The van der Waals surface area contributed by atoms with Gasteiger partial charge in [-0.25, -0.2) is 0 Å². The molecule has 0 saturated carbocycles. The van der Waals surface area contributed by atoms with Gasteiger partial charge in [-0.3, -0.25) is 4.79 Å². The van der Waals surface area contributed by atoms with Gasteiger partial charge in [-0.1, -0.05) is 22.9 Å². The second kappa shape index (κ2) is 7.92. The highest BCUT2D eigenvalue weighted by atomic mass is 79.9. The normalized spacial score (nSPS) is 12.3. The van der Waals surface area contributed by atoms with Crippen LogP contribution >= 0.6 is 27.7 Å². The van der Waals surface area contributed by atoms with Crippen molar-refractivity contribution in [1.82, 2.24) is 5.32 Å². The molecule has 0 bridgehead atoms. The average molecular weight is 346 g/mol. The van der Waals surface area contributed by atoms with E-state index in [0.29, 0.717) is 18.7 Å². The molecule has 1 aromatic rings. The van der Waals surface area contributed by atoms with Crippen LogP contribution in [0.25, 0.3) is 0 Å². The highest BCUT2D eigenvalue weighted by Gasteiger charge is 2.08. The highest BCUT2D eigenvalue weighted by Crippen LogP contribution is 2.28. The molecule has 0 fully saturated rings. The molecule has 1 unspecified atom stereocenters. The summed E-state index contributed by atoms with van der Waals surface area (Å²) in [7, 11) is 0. The Morgan fingerprint density at radius 3 is 2.74 bits per heavy atom. The van der Waals surface area contributed by atoms with E-state index in [1.807, 2.05) is 20.8 Å². The second-order valence-corrected chi connectivity index (χ2v) is 6.39. The molecule has 0 saturated heterocycles. The monoisotopic (exact) mass is 345 g/mol. The summed E-state index contributed by atoms with van der Waals surface area (Å²) in [6.07, 6.45) is 0.198. The van der Waals surface area contributed by atoms with Crippen molar-refractivity contribution >= 4 is 33.6 Å². The van der Waals surface area contributed by atoms with E-state index in [4.69, 9.17) is 0 Å². The van der Waals surface area contributed by atoms with Crippen LogP contribution in [0.4, 0.5) is 0 Å². The minimum atomic E-state index is -0.453.